The molecule has 174 valence electrons. The van der Waals surface area contributed by atoms with Crippen molar-refractivity contribution in [3.63, 3.8) is 0 Å². The zero-order chi connectivity index (χ0) is 24.2. The van der Waals surface area contributed by atoms with Crippen LogP contribution in [0.5, 0.6) is 0 Å². The first-order valence-electron chi connectivity index (χ1n) is 9.66. The van der Waals surface area contributed by atoms with Crippen LogP contribution in [0.15, 0.2) is 53.7 Å². The van der Waals surface area contributed by atoms with Crippen LogP contribution < -0.4 is 5.32 Å². The number of thiophene rings is 1. The van der Waals surface area contributed by atoms with Gasteiger partial charge in [0.15, 0.2) is 0 Å². The summed E-state index contributed by atoms with van der Waals surface area (Å²) in [4.78, 5) is 29.7. The molecule has 33 heavy (non-hydrogen) atoms. The molecule has 11 heteroatoms. The number of carbonyl (C=O) groups is 2. The van der Waals surface area contributed by atoms with Crippen molar-refractivity contribution >= 4 is 51.6 Å². The smallest absolute Gasteiger partial charge is 0.417 e. The highest BCUT2D eigenvalue weighted by atomic mass is 35.5. The molecule has 3 rings (SSSR count). The molecule has 0 fully saturated rings. The number of ether oxygens (including phenoxy) is 1. The molecule has 0 radical (unpaired) electrons. The van der Waals surface area contributed by atoms with Gasteiger partial charge in [-0.2, -0.15) is 13.2 Å². The summed E-state index contributed by atoms with van der Waals surface area (Å²) in [7, 11) is 0. The number of alkyl halides is 3. The molecule has 5 nitrogen and oxygen atoms in total. The first-order chi connectivity index (χ1) is 15.6. The third kappa shape index (κ3) is 6.27. The molecule has 0 spiro atoms. The summed E-state index contributed by atoms with van der Waals surface area (Å²) in [5, 5.41) is 2.17. The fraction of sp³-hybridized carbons (Fsp3) is 0.227. The average molecular weight is 515 g/mol. The first kappa shape index (κ1) is 25.1. The van der Waals surface area contributed by atoms with E-state index < -0.39 is 28.9 Å². The van der Waals surface area contributed by atoms with Crippen molar-refractivity contribution in [3.8, 4) is 10.4 Å². The zero-order valence-electron chi connectivity index (χ0n) is 17.4. The summed E-state index contributed by atoms with van der Waals surface area (Å²) in [6, 6.07) is 11.8. The number of thioether (sulfide) groups is 1. The molecule has 0 unspecified atom stereocenters. The van der Waals surface area contributed by atoms with Gasteiger partial charge in [0.25, 0.3) is 0 Å². The van der Waals surface area contributed by atoms with E-state index in [0.29, 0.717) is 11.2 Å². The predicted molar refractivity (Wildman–Crippen MR) is 124 cm³/mol. The largest absolute Gasteiger partial charge is 0.462 e. The number of carbonyl (C=O) groups excluding carboxylic acids is 2. The molecule has 0 aliphatic carbocycles. The number of nitrogens with zero attached hydrogens (tertiary/aromatic N) is 1. The van der Waals surface area contributed by atoms with Crippen LogP contribution in [0.2, 0.25) is 5.02 Å². The Morgan fingerprint density at radius 2 is 1.94 bits per heavy atom. The van der Waals surface area contributed by atoms with Crippen molar-refractivity contribution in [1.82, 2.24) is 4.98 Å². The van der Waals surface area contributed by atoms with Crippen LogP contribution in [0.4, 0.5) is 18.2 Å². The zero-order valence-corrected chi connectivity index (χ0v) is 19.8. The minimum absolute atomic E-state index is 0.0917. The van der Waals surface area contributed by atoms with Crippen molar-refractivity contribution in [2.24, 2.45) is 0 Å². The highest BCUT2D eigenvalue weighted by Crippen LogP contribution is 2.38. The fourth-order valence-corrected chi connectivity index (χ4v) is 4.83. The minimum Gasteiger partial charge on any atom is -0.462 e. The molecular weight excluding hydrogens is 497 g/mol. The molecule has 0 aliphatic rings. The minimum atomic E-state index is -4.57. The SMILES string of the molecule is CCOC(=O)c1cc(-c2ccccc2)sc1NC(=O)[C@@H](C)Sc1ncc(C(F)(F)F)cc1Cl. The average Bonchev–Trinajstić information content (AvgIpc) is 3.19. The van der Waals surface area contributed by atoms with Gasteiger partial charge in [-0.15, -0.1) is 11.3 Å². The second-order valence-electron chi connectivity index (χ2n) is 6.70. The van der Waals surface area contributed by atoms with E-state index in [2.05, 4.69) is 10.3 Å². The van der Waals surface area contributed by atoms with Gasteiger partial charge in [0.05, 0.1) is 28.0 Å². The van der Waals surface area contributed by atoms with Crippen LogP contribution in [-0.4, -0.2) is 28.7 Å². The molecule has 2 heterocycles. The quantitative estimate of drug-likeness (QED) is 0.278. The van der Waals surface area contributed by atoms with Crippen LogP contribution in [0.25, 0.3) is 10.4 Å². The molecule has 2 aromatic heterocycles. The molecule has 1 aromatic carbocycles. The molecule has 0 saturated carbocycles. The normalized spacial score (nSPS) is 12.3. The Balaban J connectivity index is 1.80. The molecular formula is C22H18ClF3N2O3S2. The van der Waals surface area contributed by atoms with Crippen LogP contribution >= 0.6 is 34.7 Å². The maximum absolute atomic E-state index is 12.8. The number of benzene rings is 1. The van der Waals surface area contributed by atoms with Gasteiger partial charge in [0.2, 0.25) is 5.91 Å². The van der Waals surface area contributed by atoms with Crippen molar-refractivity contribution < 1.29 is 27.5 Å². The van der Waals surface area contributed by atoms with Crippen molar-refractivity contribution in [2.45, 2.75) is 30.3 Å². The lowest BCUT2D eigenvalue weighted by molar-refractivity contribution is -0.137. The highest BCUT2D eigenvalue weighted by molar-refractivity contribution is 8.00. The number of rotatable bonds is 7. The van der Waals surface area contributed by atoms with Gasteiger partial charge in [-0.1, -0.05) is 53.7 Å². The molecule has 1 N–H and O–H groups in total. The summed E-state index contributed by atoms with van der Waals surface area (Å²) in [5.74, 6) is -1.04. The Labute approximate surface area is 201 Å². The molecule has 3 aromatic rings. The number of esters is 1. The number of anilines is 1. The number of halogens is 4. The van der Waals surface area contributed by atoms with Crippen LogP contribution in [0, 0.1) is 0 Å². The number of hydrogen-bond acceptors (Lipinski definition) is 6. The van der Waals surface area contributed by atoms with E-state index in [-0.39, 0.29) is 22.2 Å². The van der Waals surface area contributed by atoms with Gasteiger partial charge in [-0.05, 0) is 31.5 Å². The third-order valence-corrected chi connectivity index (χ3v) is 6.93. The molecule has 0 saturated heterocycles. The lowest BCUT2D eigenvalue weighted by Crippen LogP contribution is -2.23. The summed E-state index contributed by atoms with van der Waals surface area (Å²) in [6.45, 7) is 3.42. The number of nitrogens with one attached hydrogen (secondary N) is 1. The molecule has 0 aliphatic heterocycles. The van der Waals surface area contributed by atoms with Crippen molar-refractivity contribution in [2.75, 3.05) is 11.9 Å². The summed E-state index contributed by atoms with van der Waals surface area (Å²) < 4.78 is 43.5. The standard InChI is InChI=1S/C22H18ClF3N2O3S2/c1-3-31-21(30)15-10-17(13-7-5-4-6-8-13)33-19(15)28-18(29)12(2)32-20-16(23)9-14(11-27-20)22(24,25)26/h4-12H,3H2,1-2H3,(H,28,29)/t12-/m1/s1. The predicted octanol–water partition coefficient (Wildman–Crippen LogP) is 6.78. The maximum atomic E-state index is 12.8. The monoisotopic (exact) mass is 514 g/mol. The second-order valence-corrected chi connectivity index (χ2v) is 9.49. The maximum Gasteiger partial charge on any atom is 0.417 e. The highest BCUT2D eigenvalue weighted by Gasteiger charge is 2.32. The van der Waals surface area contributed by atoms with E-state index in [0.717, 1.165) is 28.3 Å². The van der Waals surface area contributed by atoms with Gasteiger partial charge < -0.3 is 10.1 Å². The Hall–Kier alpha value is -2.56. The Morgan fingerprint density at radius 3 is 2.55 bits per heavy atom. The van der Waals surface area contributed by atoms with Crippen molar-refractivity contribution in [3.05, 3.63) is 64.8 Å². The topological polar surface area (TPSA) is 68.3 Å². The number of aromatic nitrogens is 1. The van der Waals surface area contributed by atoms with E-state index in [1.807, 2.05) is 30.3 Å². The summed E-state index contributed by atoms with van der Waals surface area (Å²) >= 11 is 8.07. The van der Waals surface area contributed by atoms with E-state index in [4.69, 9.17) is 16.3 Å². The lowest BCUT2D eigenvalue weighted by Gasteiger charge is -2.13. The number of hydrogen-bond donors (Lipinski definition) is 1. The summed E-state index contributed by atoms with van der Waals surface area (Å²) in [5.41, 5.74) is 0.119. The first-order valence-corrected chi connectivity index (χ1v) is 11.7. The van der Waals surface area contributed by atoms with E-state index in [9.17, 15) is 22.8 Å². The molecule has 0 bridgehead atoms. The number of amides is 1. The molecule has 1 atom stereocenters. The third-order valence-electron chi connectivity index (χ3n) is 4.31. The van der Waals surface area contributed by atoms with E-state index in [1.54, 1.807) is 19.9 Å². The lowest BCUT2D eigenvalue weighted by atomic mass is 10.1. The Kier molecular flexibility index (Phi) is 8.04. The summed E-state index contributed by atoms with van der Waals surface area (Å²) in [6.07, 6.45) is -3.90. The van der Waals surface area contributed by atoms with E-state index in [1.165, 1.54) is 11.3 Å². The van der Waals surface area contributed by atoms with Crippen molar-refractivity contribution in [1.29, 1.82) is 0 Å². The number of pyridine rings is 1. The van der Waals surface area contributed by atoms with Crippen LogP contribution in [0.3, 0.4) is 0 Å². The van der Waals surface area contributed by atoms with Gasteiger partial charge in [-0.3, -0.25) is 4.79 Å². The van der Waals surface area contributed by atoms with Gasteiger partial charge >= 0.3 is 12.1 Å². The van der Waals surface area contributed by atoms with Gasteiger partial charge in [0.1, 0.15) is 10.0 Å². The van der Waals surface area contributed by atoms with Crippen LogP contribution in [0.1, 0.15) is 29.8 Å². The van der Waals surface area contributed by atoms with Gasteiger partial charge in [-0.25, -0.2) is 9.78 Å². The fourth-order valence-electron chi connectivity index (χ4n) is 2.69. The van der Waals surface area contributed by atoms with Crippen LogP contribution in [-0.2, 0) is 15.7 Å². The Morgan fingerprint density at radius 1 is 1.24 bits per heavy atom. The second kappa shape index (κ2) is 10.6. The Bertz CT molecular complexity index is 1150. The molecule has 1 amide bonds. The van der Waals surface area contributed by atoms with E-state index >= 15 is 0 Å². The van der Waals surface area contributed by atoms with Gasteiger partial charge in [0, 0.05) is 11.1 Å².